The number of hydroxylamine groups is 2. The van der Waals surface area contributed by atoms with Crippen molar-refractivity contribution in [2.24, 2.45) is 11.8 Å². The van der Waals surface area contributed by atoms with E-state index in [4.69, 9.17) is 9.47 Å². The Kier molecular flexibility index (Phi) is 8.93. The molecule has 0 radical (unpaired) electrons. The van der Waals surface area contributed by atoms with Crippen molar-refractivity contribution in [3.8, 4) is 0 Å². The number of hydrogen-bond donors (Lipinski definition) is 1. The lowest BCUT2D eigenvalue weighted by molar-refractivity contribution is -0.162. The second-order valence-corrected chi connectivity index (χ2v) is 7.39. The Hall–Kier alpha value is -0.910. The van der Waals surface area contributed by atoms with E-state index in [2.05, 4.69) is 19.1 Å². The molecule has 0 aromatic carbocycles. The van der Waals surface area contributed by atoms with Gasteiger partial charge in [-0.15, -0.1) is 0 Å². The Morgan fingerprint density at radius 3 is 2.68 bits per heavy atom. The molecule has 2 aliphatic rings. The molecule has 0 unspecified atom stereocenters. The van der Waals surface area contributed by atoms with Crippen LogP contribution in [0.25, 0.3) is 0 Å². The number of allylic oxidation sites excluding steroid dienone is 1. The maximum atomic E-state index is 11.0. The van der Waals surface area contributed by atoms with Gasteiger partial charge in [0.25, 0.3) is 0 Å². The van der Waals surface area contributed by atoms with Crippen molar-refractivity contribution in [2.75, 3.05) is 19.8 Å². The molecule has 2 fully saturated rings. The number of rotatable bonds is 12. The summed E-state index contributed by atoms with van der Waals surface area (Å²) >= 11 is 0. The first-order chi connectivity index (χ1) is 12.1. The third-order valence-corrected chi connectivity index (χ3v) is 5.49. The Morgan fingerprint density at radius 1 is 1.20 bits per heavy atom. The van der Waals surface area contributed by atoms with Gasteiger partial charge in [0, 0.05) is 19.4 Å². The van der Waals surface area contributed by atoms with Gasteiger partial charge in [-0.25, -0.2) is 5.06 Å². The minimum absolute atomic E-state index is 0.314. The van der Waals surface area contributed by atoms with Crippen molar-refractivity contribution < 1.29 is 19.5 Å². The summed E-state index contributed by atoms with van der Waals surface area (Å²) in [5.41, 5.74) is 0. The molecule has 0 aromatic heterocycles. The van der Waals surface area contributed by atoms with Crippen molar-refractivity contribution in [2.45, 2.75) is 77.4 Å². The first-order valence-corrected chi connectivity index (χ1v) is 9.98. The molecule has 2 aliphatic heterocycles. The fourth-order valence-electron chi connectivity index (χ4n) is 4.00. The maximum Gasteiger partial charge on any atom is 0.242 e. The highest BCUT2D eigenvalue weighted by Gasteiger charge is 2.48. The molecule has 5 nitrogen and oxygen atoms in total. The zero-order valence-electron chi connectivity index (χ0n) is 15.9. The third kappa shape index (κ3) is 6.39. The molecule has 2 saturated heterocycles. The van der Waals surface area contributed by atoms with Crippen LogP contribution in [0.5, 0.6) is 0 Å². The molecule has 0 spiro atoms. The van der Waals surface area contributed by atoms with Crippen molar-refractivity contribution in [1.29, 1.82) is 0 Å². The van der Waals surface area contributed by atoms with Gasteiger partial charge in [-0.3, -0.25) is 10.0 Å². The van der Waals surface area contributed by atoms with Gasteiger partial charge >= 0.3 is 0 Å². The normalized spacial score (nSPS) is 28.1. The number of carbonyl (C=O) groups excluding carboxylic acids is 1. The predicted molar refractivity (Wildman–Crippen MR) is 97.4 cm³/mol. The summed E-state index contributed by atoms with van der Waals surface area (Å²) < 4.78 is 12.1. The minimum atomic E-state index is -0.314. The van der Waals surface area contributed by atoms with Crippen LogP contribution in [-0.2, 0) is 14.3 Å². The standard InChI is InChI=1S/C20H35NO4/c1-3-4-5-9-14-24-15-18-17(19-11-12-20(18)25-19)10-7-6-8-13-21(23)16(2)22/h6-7,17-20,23H,3-5,8-15H2,1-2H3/t17-,18+,19-,20+/m1/s1. The number of ether oxygens (including phenoxy) is 2. The SMILES string of the molecule is CCCCCCOC[C@H]1[C@@H](CC=CCCN(O)C(C)=O)[C@H]2CC[C@@H]1O2. The van der Waals surface area contributed by atoms with Crippen LogP contribution in [0.4, 0.5) is 0 Å². The Morgan fingerprint density at radius 2 is 1.96 bits per heavy atom. The molecule has 5 heteroatoms. The highest BCUT2D eigenvalue weighted by Crippen LogP contribution is 2.45. The molecule has 0 aromatic rings. The molecule has 0 saturated carbocycles. The summed E-state index contributed by atoms with van der Waals surface area (Å²) in [6, 6.07) is 0. The molecular weight excluding hydrogens is 318 g/mol. The molecule has 1 amide bonds. The van der Waals surface area contributed by atoms with Gasteiger partial charge in [-0.1, -0.05) is 38.3 Å². The van der Waals surface area contributed by atoms with E-state index in [1.807, 2.05) is 0 Å². The van der Waals surface area contributed by atoms with E-state index in [0.29, 0.717) is 37.0 Å². The van der Waals surface area contributed by atoms with Crippen molar-refractivity contribution in [3.63, 3.8) is 0 Å². The fraction of sp³-hybridized carbons (Fsp3) is 0.850. The number of amides is 1. The summed E-state index contributed by atoms with van der Waals surface area (Å²) in [4.78, 5) is 11.0. The van der Waals surface area contributed by atoms with Gasteiger partial charge in [0.2, 0.25) is 5.91 Å². The first kappa shape index (κ1) is 20.4. The van der Waals surface area contributed by atoms with Gasteiger partial charge in [0.15, 0.2) is 0 Å². The van der Waals surface area contributed by atoms with Gasteiger partial charge in [-0.2, -0.15) is 0 Å². The zero-order chi connectivity index (χ0) is 18.1. The molecule has 25 heavy (non-hydrogen) atoms. The van der Waals surface area contributed by atoms with E-state index in [1.54, 1.807) is 0 Å². The lowest BCUT2D eigenvalue weighted by Gasteiger charge is -2.27. The quantitative estimate of drug-likeness (QED) is 0.250. The van der Waals surface area contributed by atoms with E-state index in [1.165, 1.54) is 39.0 Å². The molecule has 2 bridgehead atoms. The second kappa shape index (κ2) is 10.9. The number of hydrogen-bond acceptors (Lipinski definition) is 4. The van der Waals surface area contributed by atoms with Crippen molar-refractivity contribution >= 4 is 5.91 Å². The number of fused-ring (bicyclic) bond motifs is 2. The number of unbranched alkanes of at least 4 members (excludes halogenated alkanes) is 3. The molecule has 4 atom stereocenters. The third-order valence-electron chi connectivity index (χ3n) is 5.49. The lowest BCUT2D eigenvalue weighted by Crippen LogP contribution is -2.30. The number of nitrogens with zero attached hydrogens (tertiary/aromatic N) is 1. The maximum absolute atomic E-state index is 11.0. The van der Waals surface area contributed by atoms with E-state index < -0.39 is 0 Å². The van der Waals surface area contributed by atoms with Crippen LogP contribution in [0.15, 0.2) is 12.2 Å². The smallest absolute Gasteiger partial charge is 0.242 e. The van der Waals surface area contributed by atoms with Crippen molar-refractivity contribution in [1.82, 2.24) is 5.06 Å². The van der Waals surface area contributed by atoms with E-state index in [0.717, 1.165) is 31.1 Å². The van der Waals surface area contributed by atoms with Gasteiger partial charge in [0.05, 0.1) is 25.4 Å². The largest absolute Gasteiger partial charge is 0.381 e. The summed E-state index contributed by atoms with van der Waals surface area (Å²) in [6.07, 6.45) is 14.0. The average Bonchev–Trinajstić information content (AvgIpc) is 3.19. The van der Waals surface area contributed by atoms with Crippen LogP contribution < -0.4 is 0 Å². The Bertz CT molecular complexity index is 426. The molecular formula is C20H35NO4. The summed E-state index contributed by atoms with van der Waals surface area (Å²) in [7, 11) is 0. The minimum Gasteiger partial charge on any atom is -0.381 e. The lowest BCUT2D eigenvalue weighted by atomic mass is 9.78. The summed E-state index contributed by atoms with van der Waals surface area (Å²) in [5.74, 6) is 0.746. The van der Waals surface area contributed by atoms with Gasteiger partial charge in [0.1, 0.15) is 0 Å². The topological polar surface area (TPSA) is 59.0 Å². The Labute approximate surface area is 152 Å². The van der Waals surface area contributed by atoms with Crippen LogP contribution in [0, 0.1) is 11.8 Å². The van der Waals surface area contributed by atoms with Gasteiger partial charge < -0.3 is 9.47 Å². The monoisotopic (exact) mass is 353 g/mol. The van der Waals surface area contributed by atoms with E-state index >= 15 is 0 Å². The van der Waals surface area contributed by atoms with Crippen LogP contribution in [0.3, 0.4) is 0 Å². The van der Waals surface area contributed by atoms with Crippen LogP contribution in [0.2, 0.25) is 0 Å². The zero-order valence-corrected chi connectivity index (χ0v) is 15.9. The molecule has 2 rings (SSSR count). The van der Waals surface area contributed by atoms with Crippen LogP contribution in [0.1, 0.15) is 65.2 Å². The summed E-state index contributed by atoms with van der Waals surface area (Å²) in [5, 5.41) is 10.1. The van der Waals surface area contributed by atoms with E-state index in [9.17, 15) is 10.0 Å². The predicted octanol–water partition coefficient (Wildman–Crippen LogP) is 3.95. The van der Waals surface area contributed by atoms with Crippen LogP contribution >= 0.6 is 0 Å². The average molecular weight is 354 g/mol. The fourth-order valence-corrected chi connectivity index (χ4v) is 4.00. The molecule has 144 valence electrons. The number of carbonyl (C=O) groups is 1. The van der Waals surface area contributed by atoms with Crippen LogP contribution in [-0.4, -0.2) is 48.1 Å². The molecule has 1 N–H and O–H groups in total. The van der Waals surface area contributed by atoms with Gasteiger partial charge in [-0.05, 0) is 38.0 Å². The highest BCUT2D eigenvalue weighted by molar-refractivity contribution is 5.71. The first-order valence-electron chi connectivity index (χ1n) is 9.98. The summed E-state index contributed by atoms with van der Waals surface area (Å²) in [6.45, 7) is 5.63. The van der Waals surface area contributed by atoms with Crippen molar-refractivity contribution in [3.05, 3.63) is 12.2 Å². The highest BCUT2D eigenvalue weighted by atomic mass is 16.5. The molecule has 0 aliphatic carbocycles. The second-order valence-electron chi connectivity index (χ2n) is 7.39. The molecule has 2 heterocycles. The van der Waals surface area contributed by atoms with E-state index in [-0.39, 0.29) is 5.91 Å². The Balaban J connectivity index is 1.67.